The third-order valence-corrected chi connectivity index (χ3v) is 6.89. The average Bonchev–Trinajstić information content (AvgIpc) is 3.25. The maximum absolute atomic E-state index is 14.1. The zero-order chi connectivity index (χ0) is 25.4. The maximum Gasteiger partial charge on any atom is 0.217 e. The Morgan fingerprint density at radius 2 is 1.89 bits per heavy atom. The molecule has 36 heavy (non-hydrogen) atoms. The number of hydrogen-bond acceptors (Lipinski definition) is 5. The van der Waals surface area contributed by atoms with Gasteiger partial charge in [-0.2, -0.15) is 0 Å². The molecule has 1 spiro atoms. The number of carbonyl (C=O) groups excluding carboxylic acids is 2. The van der Waals surface area contributed by atoms with Crippen molar-refractivity contribution in [3.05, 3.63) is 76.6 Å². The molecular weight excluding hydrogens is 454 g/mol. The number of ketones is 1. The Morgan fingerprint density at radius 3 is 2.58 bits per heavy atom. The number of piperidine rings is 1. The lowest BCUT2D eigenvalue weighted by atomic mass is 9.83. The van der Waals surface area contributed by atoms with E-state index in [4.69, 9.17) is 9.47 Å². The van der Waals surface area contributed by atoms with Crippen LogP contribution in [0.25, 0.3) is 5.69 Å². The van der Waals surface area contributed by atoms with Crippen molar-refractivity contribution in [2.75, 3.05) is 13.1 Å². The fraction of sp³-hybridized carbons (Fsp3) is 0.379. The molecule has 1 amide bonds. The van der Waals surface area contributed by atoms with Crippen LogP contribution in [0.2, 0.25) is 0 Å². The quantitative estimate of drug-likeness (QED) is 0.504. The smallest absolute Gasteiger partial charge is 0.217 e. The van der Waals surface area contributed by atoms with Crippen molar-refractivity contribution < 1.29 is 19.1 Å². The highest BCUT2D eigenvalue weighted by atomic mass is 16.5. The van der Waals surface area contributed by atoms with Crippen LogP contribution in [-0.2, 0) is 16.9 Å². The molecule has 3 aromatic rings. The normalized spacial score (nSPS) is 15.7. The number of amides is 1. The maximum atomic E-state index is 14.1. The molecule has 2 N–H and O–H groups in total. The third-order valence-electron chi connectivity index (χ3n) is 6.89. The highest BCUT2D eigenvalue weighted by Crippen LogP contribution is 2.47. The molecule has 1 saturated heterocycles. The molecule has 7 heteroatoms. The minimum atomic E-state index is -0.630. The van der Waals surface area contributed by atoms with Crippen LogP contribution in [-0.4, -0.2) is 35.5 Å². The molecule has 0 saturated carbocycles. The van der Waals surface area contributed by atoms with Gasteiger partial charge in [-0.25, -0.2) is 0 Å². The number of para-hydroxylation sites is 2. The van der Waals surface area contributed by atoms with Crippen molar-refractivity contribution in [1.82, 2.24) is 15.2 Å². The summed E-state index contributed by atoms with van der Waals surface area (Å²) in [5, 5.41) is 6.34. The summed E-state index contributed by atoms with van der Waals surface area (Å²) < 4.78 is 14.7. The lowest BCUT2D eigenvalue weighted by Crippen LogP contribution is -2.48. The van der Waals surface area contributed by atoms with Crippen LogP contribution in [0, 0.1) is 6.92 Å². The number of carbonyl (C=O) groups is 2. The number of aromatic nitrogens is 1. The third kappa shape index (κ3) is 4.28. The number of hydrogen-bond donors (Lipinski definition) is 2. The number of nitrogens with one attached hydrogen (secondary N) is 2. The Balaban J connectivity index is 1.68. The van der Waals surface area contributed by atoms with E-state index >= 15 is 0 Å². The van der Waals surface area contributed by atoms with Crippen molar-refractivity contribution >= 4 is 11.7 Å². The van der Waals surface area contributed by atoms with E-state index in [1.807, 2.05) is 69.3 Å². The molecule has 188 valence electrons. The van der Waals surface area contributed by atoms with Crippen molar-refractivity contribution in [2.24, 2.45) is 0 Å². The molecule has 0 radical (unpaired) electrons. The van der Waals surface area contributed by atoms with Gasteiger partial charge >= 0.3 is 0 Å². The van der Waals surface area contributed by atoms with Crippen LogP contribution in [0.3, 0.4) is 0 Å². The fourth-order valence-corrected chi connectivity index (χ4v) is 5.29. The second-order valence-electron chi connectivity index (χ2n) is 9.93. The number of benzene rings is 2. The second kappa shape index (κ2) is 9.47. The molecular formula is C29H33N3O4. The zero-order valence-electron chi connectivity index (χ0n) is 21.3. The number of fused-ring (bicyclic) bond motifs is 4. The van der Waals surface area contributed by atoms with E-state index in [2.05, 4.69) is 15.2 Å². The molecule has 0 unspecified atom stereocenters. The van der Waals surface area contributed by atoms with Crippen LogP contribution in [0.15, 0.2) is 48.5 Å². The first kappa shape index (κ1) is 24.1. The number of ether oxygens (including phenoxy) is 2. The minimum Gasteiger partial charge on any atom is -0.491 e. The second-order valence-corrected chi connectivity index (χ2v) is 9.93. The van der Waals surface area contributed by atoms with Gasteiger partial charge in [-0.05, 0) is 75.8 Å². The van der Waals surface area contributed by atoms with Gasteiger partial charge in [-0.15, -0.1) is 0 Å². The summed E-state index contributed by atoms with van der Waals surface area (Å²) >= 11 is 0. The predicted octanol–water partition coefficient (Wildman–Crippen LogP) is 4.41. The number of nitrogens with zero attached hydrogens (tertiary/aromatic N) is 1. The van der Waals surface area contributed by atoms with Gasteiger partial charge in [0.05, 0.1) is 24.0 Å². The molecule has 0 bridgehead atoms. The summed E-state index contributed by atoms with van der Waals surface area (Å²) in [5.41, 5.74) is 4.11. The lowest BCUT2D eigenvalue weighted by Gasteiger charge is -2.43. The van der Waals surface area contributed by atoms with Gasteiger partial charge in [0.15, 0.2) is 11.4 Å². The molecule has 0 atom stereocenters. The molecule has 5 rings (SSSR count). The van der Waals surface area contributed by atoms with E-state index in [9.17, 15) is 9.59 Å². The molecule has 2 aromatic carbocycles. The largest absolute Gasteiger partial charge is 0.491 e. The summed E-state index contributed by atoms with van der Waals surface area (Å²) in [6, 6.07) is 15.4. The Bertz CT molecular complexity index is 1320. The van der Waals surface area contributed by atoms with E-state index in [-0.39, 0.29) is 17.8 Å². The summed E-state index contributed by atoms with van der Waals surface area (Å²) in [6.07, 6.45) is 1.54. The first-order valence-corrected chi connectivity index (χ1v) is 12.6. The van der Waals surface area contributed by atoms with Gasteiger partial charge in [-0.3, -0.25) is 9.59 Å². The van der Waals surface area contributed by atoms with Crippen molar-refractivity contribution in [2.45, 2.75) is 58.8 Å². The molecule has 2 aliphatic rings. The predicted molar refractivity (Wildman–Crippen MR) is 138 cm³/mol. The van der Waals surface area contributed by atoms with E-state index in [0.717, 1.165) is 60.1 Å². The SMILES string of the molecule is CC(=O)NCc1cc(C(=O)c2ccc(OC(C)C)c(C)c2)c2n1-c1ccccc1OC21CCNCC1. The van der Waals surface area contributed by atoms with Gasteiger partial charge in [-0.1, -0.05) is 12.1 Å². The average molecular weight is 488 g/mol. The first-order valence-electron chi connectivity index (χ1n) is 12.6. The van der Waals surface area contributed by atoms with Crippen LogP contribution in [0.1, 0.15) is 66.5 Å². The van der Waals surface area contributed by atoms with Crippen LogP contribution >= 0.6 is 0 Å². The molecule has 2 aliphatic heterocycles. The number of rotatable bonds is 6. The number of aryl methyl sites for hydroxylation is 1. The summed E-state index contributed by atoms with van der Waals surface area (Å²) in [4.78, 5) is 25.9. The first-order chi connectivity index (χ1) is 17.3. The molecule has 0 aliphatic carbocycles. The Morgan fingerprint density at radius 1 is 1.14 bits per heavy atom. The van der Waals surface area contributed by atoms with Crippen LogP contribution in [0.5, 0.6) is 11.5 Å². The summed E-state index contributed by atoms with van der Waals surface area (Å²) in [6.45, 7) is 9.33. The summed E-state index contributed by atoms with van der Waals surface area (Å²) in [7, 11) is 0. The topological polar surface area (TPSA) is 81.6 Å². The van der Waals surface area contributed by atoms with Gasteiger partial charge in [0.1, 0.15) is 11.5 Å². The molecule has 1 aromatic heterocycles. The van der Waals surface area contributed by atoms with Crippen molar-refractivity contribution in [1.29, 1.82) is 0 Å². The van der Waals surface area contributed by atoms with Gasteiger partial charge in [0.2, 0.25) is 5.91 Å². The van der Waals surface area contributed by atoms with Crippen molar-refractivity contribution in [3.63, 3.8) is 0 Å². The summed E-state index contributed by atoms with van der Waals surface area (Å²) in [5.74, 6) is 1.38. The molecule has 1 fully saturated rings. The van der Waals surface area contributed by atoms with E-state index in [1.54, 1.807) is 0 Å². The van der Waals surface area contributed by atoms with E-state index in [0.29, 0.717) is 17.7 Å². The fourth-order valence-electron chi connectivity index (χ4n) is 5.29. The van der Waals surface area contributed by atoms with Gasteiger partial charge in [0, 0.05) is 36.6 Å². The monoisotopic (exact) mass is 487 g/mol. The minimum absolute atomic E-state index is 0.0528. The van der Waals surface area contributed by atoms with E-state index in [1.165, 1.54) is 6.92 Å². The van der Waals surface area contributed by atoms with Gasteiger partial charge < -0.3 is 24.7 Å². The Hall–Kier alpha value is -3.58. The van der Waals surface area contributed by atoms with E-state index < -0.39 is 5.60 Å². The zero-order valence-corrected chi connectivity index (χ0v) is 21.3. The standard InChI is InChI=1S/C29H33N3O4/c1-18(2)35-25-10-9-21(15-19(25)3)27(34)23-16-22(17-31-20(4)33)32-24-7-5-6-8-26(24)36-29(28(23)32)11-13-30-14-12-29/h5-10,15-16,18,30H,11-14,17H2,1-4H3,(H,31,33). The highest BCUT2D eigenvalue weighted by molar-refractivity contribution is 6.10. The van der Waals surface area contributed by atoms with Crippen molar-refractivity contribution in [3.8, 4) is 17.2 Å². The molecule has 7 nitrogen and oxygen atoms in total. The van der Waals surface area contributed by atoms with Crippen LogP contribution in [0.4, 0.5) is 0 Å². The van der Waals surface area contributed by atoms with Gasteiger partial charge in [0.25, 0.3) is 0 Å². The van der Waals surface area contributed by atoms with Crippen LogP contribution < -0.4 is 20.1 Å². The molecule has 3 heterocycles. The Kier molecular flexibility index (Phi) is 6.35. The highest BCUT2D eigenvalue weighted by Gasteiger charge is 2.46. The Labute approximate surface area is 211 Å². The lowest BCUT2D eigenvalue weighted by molar-refractivity contribution is -0.119.